The summed E-state index contributed by atoms with van der Waals surface area (Å²) < 4.78 is 33.5. The molecule has 166 valence electrons. The van der Waals surface area contributed by atoms with Crippen LogP contribution in [0.4, 0.5) is 8.78 Å². The van der Waals surface area contributed by atoms with Gasteiger partial charge in [0.25, 0.3) is 5.92 Å². The molecule has 0 radical (unpaired) electrons. The minimum atomic E-state index is -3.19. The number of para-hydroxylation sites is 1. The predicted octanol–water partition coefficient (Wildman–Crippen LogP) is 3.48. The van der Waals surface area contributed by atoms with E-state index in [4.69, 9.17) is 4.74 Å². The number of unbranched alkanes of at least 4 members (excludes halogenated alkanes) is 1. The summed E-state index contributed by atoms with van der Waals surface area (Å²) in [6.45, 7) is -0.797. The van der Waals surface area contributed by atoms with Gasteiger partial charge in [-0.1, -0.05) is 36.4 Å². The van der Waals surface area contributed by atoms with Crippen molar-refractivity contribution in [1.29, 1.82) is 0 Å². The predicted molar refractivity (Wildman–Crippen MR) is 111 cm³/mol. The number of aliphatic hydroxyl groups is 2. The number of nitrogens with one attached hydrogen (secondary N) is 1. The molecular weight excluding hydrogens is 392 g/mol. The number of benzene rings is 1. The summed E-state index contributed by atoms with van der Waals surface area (Å²) in [5.41, 5.74) is 0. The lowest BCUT2D eigenvalue weighted by atomic mass is 9.89. The Morgan fingerprint density at radius 3 is 2.67 bits per heavy atom. The first-order valence-electron chi connectivity index (χ1n) is 10.3. The lowest BCUT2D eigenvalue weighted by Gasteiger charge is -2.20. The Labute approximate surface area is 176 Å². The van der Waals surface area contributed by atoms with Crippen molar-refractivity contribution in [1.82, 2.24) is 5.32 Å². The first-order valence-corrected chi connectivity index (χ1v) is 10.3. The van der Waals surface area contributed by atoms with Crippen LogP contribution in [0.3, 0.4) is 0 Å². The number of hydrogen-bond donors (Lipinski definition) is 3. The fourth-order valence-electron chi connectivity index (χ4n) is 3.58. The third-order valence-corrected chi connectivity index (χ3v) is 5.28. The Morgan fingerprint density at radius 1 is 1.23 bits per heavy atom. The maximum atomic E-state index is 14.2. The molecule has 0 aromatic heterocycles. The molecule has 1 aromatic carbocycles. The molecule has 0 aliphatic heterocycles. The van der Waals surface area contributed by atoms with Gasteiger partial charge in [-0.3, -0.25) is 4.79 Å². The summed E-state index contributed by atoms with van der Waals surface area (Å²) in [7, 11) is 1.59. The molecule has 0 saturated heterocycles. The van der Waals surface area contributed by atoms with E-state index in [0.29, 0.717) is 31.4 Å². The first kappa shape index (κ1) is 24.0. The van der Waals surface area contributed by atoms with E-state index in [1.165, 1.54) is 6.08 Å². The Morgan fingerprint density at radius 2 is 1.97 bits per heavy atom. The highest BCUT2D eigenvalue weighted by molar-refractivity contribution is 5.75. The van der Waals surface area contributed by atoms with Gasteiger partial charge < -0.3 is 20.3 Å². The van der Waals surface area contributed by atoms with E-state index in [0.717, 1.165) is 6.08 Å². The summed E-state index contributed by atoms with van der Waals surface area (Å²) in [4.78, 5) is 11.2. The van der Waals surface area contributed by atoms with Gasteiger partial charge in [-0.05, 0) is 43.4 Å². The van der Waals surface area contributed by atoms with Gasteiger partial charge >= 0.3 is 0 Å². The molecule has 3 N–H and O–H groups in total. The number of carbonyl (C=O) groups is 1. The summed E-state index contributed by atoms with van der Waals surface area (Å²) >= 11 is 0. The third-order valence-electron chi connectivity index (χ3n) is 5.28. The molecule has 0 spiro atoms. The molecule has 5 nitrogen and oxygen atoms in total. The molecular formula is C23H31F2NO4. The van der Waals surface area contributed by atoms with E-state index < -0.39 is 30.7 Å². The van der Waals surface area contributed by atoms with Gasteiger partial charge in [0.1, 0.15) is 5.75 Å². The van der Waals surface area contributed by atoms with Gasteiger partial charge in [-0.25, -0.2) is 0 Å². The first-order chi connectivity index (χ1) is 14.3. The average molecular weight is 424 g/mol. The lowest BCUT2D eigenvalue weighted by Crippen LogP contribution is -2.25. The zero-order valence-electron chi connectivity index (χ0n) is 17.2. The second-order valence-electron chi connectivity index (χ2n) is 7.61. The van der Waals surface area contributed by atoms with Crippen molar-refractivity contribution in [3.05, 3.63) is 54.6 Å². The van der Waals surface area contributed by atoms with E-state index in [2.05, 4.69) is 5.32 Å². The normalized spacial score (nSPS) is 24.6. The van der Waals surface area contributed by atoms with Crippen molar-refractivity contribution in [3.8, 4) is 5.75 Å². The third kappa shape index (κ3) is 7.88. The van der Waals surface area contributed by atoms with Crippen LogP contribution >= 0.6 is 0 Å². The summed E-state index contributed by atoms with van der Waals surface area (Å²) in [5.74, 6) is -3.74. The second-order valence-corrected chi connectivity index (χ2v) is 7.61. The minimum absolute atomic E-state index is 0.0138. The van der Waals surface area contributed by atoms with Gasteiger partial charge in [-0.2, -0.15) is 8.78 Å². The Hall–Kier alpha value is -2.25. The average Bonchev–Trinajstić information content (AvgIpc) is 3.00. The van der Waals surface area contributed by atoms with Crippen LogP contribution in [0.25, 0.3) is 0 Å². The monoisotopic (exact) mass is 423 g/mol. The smallest absolute Gasteiger partial charge is 0.299 e. The molecule has 1 aliphatic carbocycles. The van der Waals surface area contributed by atoms with E-state index in [1.807, 2.05) is 12.2 Å². The Balaban J connectivity index is 1.87. The van der Waals surface area contributed by atoms with Crippen molar-refractivity contribution in [2.45, 2.75) is 50.2 Å². The standard InChI is InChI=1S/C23H31F2NO4/c1-26-22(29)12-8-3-2-7-11-18-19(21(28)15-20(18)27)13-14-23(24,25)16-30-17-9-5-4-6-10-17/h2,4-7,9-10,13-14,18-21,27-28H,3,8,11-12,15-16H2,1H3,(H,26,29)/t18-,19-,20?,21?/m1/s1. The number of hydrogen-bond acceptors (Lipinski definition) is 4. The van der Waals surface area contributed by atoms with Crippen LogP contribution in [0, 0.1) is 11.8 Å². The van der Waals surface area contributed by atoms with Crippen molar-refractivity contribution in [2.75, 3.05) is 13.7 Å². The van der Waals surface area contributed by atoms with Crippen molar-refractivity contribution in [2.24, 2.45) is 11.8 Å². The largest absolute Gasteiger partial charge is 0.487 e. The van der Waals surface area contributed by atoms with Crippen LogP contribution in [0.1, 0.15) is 32.1 Å². The molecule has 0 heterocycles. The Kier molecular flexibility index (Phi) is 9.46. The van der Waals surface area contributed by atoms with Gasteiger partial charge in [-0.15, -0.1) is 0 Å². The van der Waals surface area contributed by atoms with Crippen LogP contribution in [0.15, 0.2) is 54.6 Å². The SMILES string of the molecule is CNC(=O)CCCC=CC[C@H]1C(O)CC(O)[C@@H]1C=CC(F)(F)COc1ccccc1. The van der Waals surface area contributed by atoms with Crippen LogP contribution in [0.5, 0.6) is 5.75 Å². The fourth-order valence-corrected chi connectivity index (χ4v) is 3.58. The van der Waals surface area contributed by atoms with Crippen LogP contribution in [-0.2, 0) is 4.79 Å². The lowest BCUT2D eigenvalue weighted by molar-refractivity contribution is -0.120. The van der Waals surface area contributed by atoms with Crippen molar-refractivity contribution in [3.63, 3.8) is 0 Å². The van der Waals surface area contributed by atoms with Gasteiger partial charge in [0.15, 0.2) is 6.61 Å². The molecule has 2 rings (SSSR count). The molecule has 2 unspecified atom stereocenters. The number of aliphatic hydroxyl groups excluding tert-OH is 2. The zero-order chi connectivity index (χ0) is 22.0. The molecule has 1 aliphatic rings. The topological polar surface area (TPSA) is 78.8 Å². The maximum absolute atomic E-state index is 14.2. The maximum Gasteiger partial charge on any atom is 0.299 e. The molecule has 1 amide bonds. The molecule has 30 heavy (non-hydrogen) atoms. The molecule has 0 bridgehead atoms. The molecule has 1 fully saturated rings. The number of alkyl halides is 2. The summed E-state index contributed by atoms with van der Waals surface area (Å²) in [6, 6.07) is 8.39. The second kappa shape index (κ2) is 11.8. The molecule has 1 saturated carbocycles. The fraction of sp³-hybridized carbons (Fsp3) is 0.522. The highest BCUT2D eigenvalue weighted by Crippen LogP contribution is 2.37. The van der Waals surface area contributed by atoms with Crippen LogP contribution in [-0.4, -0.2) is 47.9 Å². The van der Waals surface area contributed by atoms with Crippen LogP contribution < -0.4 is 10.1 Å². The van der Waals surface area contributed by atoms with Crippen molar-refractivity contribution >= 4 is 5.91 Å². The number of amides is 1. The quantitative estimate of drug-likeness (QED) is 0.376. The highest BCUT2D eigenvalue weighted by atomic mass is 19.3. The van der Waals surface area contributed by atoms with Crippen LogP contribution in [0.2, 0.25) is 0 Å². The molecule has 7 heteroatoms. The summed E-state index contributed by atoms with van der Waals surface area (Å²) in [5, 5.41) is 23.0. The number of halogens is 2. The van der Waals surface area contributed by atoms with Gasteiger partial charge in [0, 0.05) is 25.8 Å². The number of rotatable bonds is 11. The highest BCUT2D eigenvalue weighted by Gasteiger charge is 2.40. The molecule has 1 aromatic rings. The van der Waals surface area contributed by atoms with E-state index in [1.54, 1.807) is 37.4 Å². The van der Waals surface area contributed by atoms with E-state index in [9.17, 15) is 23.8 Å². The Bertz CT molecular complexity index is 708. The molecule has 4 atom stereocenters. The minimum Gasteiger partial charge on any atom is -0.487 e. The summed E-state index contributed by atoms with van der Waals surface area (Å²) in [6.07, 6.45) is 6.76. The number of ether oxygens (including phenoxy) is 1. The number of carbonyl (C=O) groups excluding carboxylic acids is 1. The van der Waals surface area contributed by atoms with Gasteiger partial charge in [0.2, 0.25) is 5.91 Å². The zero-order valence-corrected chi connectivity index (χ0v) is 17.2. The van der Waals surface area contributed by atoms with E-state index >= 15 is 0 Å². The number of allylic oxidation sites excluding steroid dienone is 2. The van der Waals surface area contributed by atoms with Gasteiger partial charge in [0.05, 0.1) is 12.2 Å². The van der Waals surface area contributed by atoms with E-state index in [-0.39, 0.29) is 18.2 Å². The van der Waals surface area contributed by atoms with Crippen molar-refractivity contribution < 1.29 is 28.5 Å².